The standard InChI is InChI=1S/C12H22N4O/c1-3-6-16-8-10(7-14-16)12(15-13)11-5-4-9(2)17-11/h7-9,11-12,15H,3-6,13H2,1-2H3. The number of hydrogen-bond acceptors (Lipinski definition) is 4. The van der Waals surface area contributed by atoms with Crippen molar-refractivity contribution in [3.63, 3.8) is 0 Å². The van der Waals surface area contributed by atoms with Gasteiger partial charge in [0.25, 0.3) is 0 Å². The van der Waals surface area contributed by atoms with Gasteiger partial charge in [-0.25, -0.2) is 0 Å². The Morgan fingerprint density at radius 1 is 1.65 bits per heavy atom. The summed E-state index contributed by atoms with van der Waals surface area (Å²) in [5.74, 6) is 5.65. The minimum atomic E-state index is 0.0468. The molecule has 0 aromatic carbocycles. The van der Waals surface area contributed by atoms with Crippen LogP contribution in [0.5, 0.6) is 0 Å². The van der Waals surface area contributed by atoms with E-state index in [4.69, 9.17) is 10.6 Å². The fraction of sp³-hybridized carbons (Fsp3) is 0.750. The van der Waals surface area contributed by atoms with Gasteiger partial charge in [-0.15, -0.1) is 0 Å². The fourth-order valence-corrected chi connectivity index (χ4v) is 2.39. The molecule has 3 atom stereocenters. The highest BCUT2D eigenvalue weighted by Crippen LogP contribution is 2.29. The Hall–Kier alpha value is -0.910. The van der Waals surface area contributed by atoms with Crippen LogP contribution in [0, 0.1) is 0 Å². The van der Waals surface area contributed by atoms with Crippen LogP contribution in [0.3, 0.4) is 0 Å². The summed E-state index contributed by atoms with van der Waals surface area (Å²) in [7, 11) is 0. The van der Waals surface area contributed by atoms with Crippen LogP contribution < -0.4 is 11.3 Å². The lowest BCUT2D eigenvalue weighted by molar-refractivity contribution is 0.0316. The lowest BCUT2D eigenvalue weighted by Crippen LogP contribution is -2.36. The van der Waals surface area contributed by atoms with Crippen molar-refractivity contribution in [1.82, 2.24) is 15.2 Å². The lowest BCUT2D eigenvalue weighted by Gasteiger charge is -2.21. The van der Waals surface area contributed by atoms with Gasteiger partial charge in [-0.1, -0.05) is 6.92 Å². The summed E-state index contributed by atoms with van der Waals surface area (Å²) in [5.41, 5.74) is 3.97. The zero-order valence-electron chi connectivity index (χ0n) is 10.6. The maximum Gasteiger partial charge on any atom is 0.0788 e. The minimum absolute atomic E-state index is 0.0468. The summed E-state index contributed by atoms with van der Waals surface area (Å²) >= 11 is 0. The van der Waals surface area contributed by atoms with Crippen molar-refractivity contribution in [2.75, 3.05) is 0 Å². The van der Waals surface area contributed by atoms with Crippen molar-refractivity contribution < 1.29 is 4.74 Å². The zero-order valence-corrected chi connectivity index (χ0v) is 10.6. The first-order valence-corrected chi connectivity index (χ1v) is 6.38. The van der Waals surface area contributed by atoms with E-state index in [2.05, 4.69) is 30.6 Å². The van der Waals surface area contributed by atoms with Crippen LogP contribution in [0.15, 0.2) is 12.4 Å². The number of nitrogens with two attached hydrogens (primary N) is 1. The first-order chi connectivity index (χ1) is 8.24. The molecule has 2 heterocycles. The van der Waals surface area contributed by atoms with Crippen molar-refractivity contribution >= 4 is 0 Å². The highest BCUT2D eigenvalue weighted by Gasteiger charge is 2.30. The SMILES string of the molecule is CCCn1cc(C(NN)C2CCC(C)O2)cn1. The average Bonchev–Trinajstić information content (AvgIpc) is 2.91. The van der Waals surface area contributed by atoms with E-state index in [1.807, 2.05) is 10.9 Å². The molecule has 5 nitrogen and oxygen atoms in total. The Kier molecular flexibility index (Phi) is 4.15. The average molecular weight is 238 g/mol. The number of aromatic nitrogens is 2. The van der Waals surface area contributed by atoms with Crippen LogP contribution in [-0.2, 0) is 11.3 Å². The molecular weight excluding hydrogens is 216 g/mol. The molecule has 1 saturated heterocycles. The lowest BCUT2D eigenvalue weighted by atomic mass is 10.0. The third kappa shape index (κ3) is 2.86. The molecule has 0 radical (unpaired) electrons. The van der Waals surface area contributed by atoms with Crippen LogP contribution >= 0.6 is 0 Å². The van der Waals surface area contributed by atoms with Crippen LogP contribution in [0.1, 0.15) is 44.7 Å². The number of ether oxygens (including phenoxy) is 1. The largest absolute Gasteiger partial charge is 0.373 e. The van der Waals surface area contributed by atoms with E-state index < -0.39 is 0 Å². The van der Waals surface area contributed by atoms with Crippen LogP contribution in [0.4, 0.5) is 0 Å². The van der Waals surface area contributed by atoms with Gasteiger partial charge in [0.2, 0.25) is 0 Å². The number of hydrogen-bond donors (Lipinski definition) is 2. The number of aryl methyl sites for hydroxylation is 1. The fourth-order valence-electron chi connectivity index (χ4n) is 2.39. The molecule has 1 aliphatic heterocycles. The topological polar surface area (TPSA) is 65.1 Å². The molecule has 5 heteroatoms. The van der Waals surface area contributed by atoms with Crippen molar-refractivity contribution in [1.29, 1.82) is 0 Å². The second kappa shape index (κ2) is 5.62. The van der Waals surface area contributed by atoms with Crippen molar-refractivity contribution in [2.24, 2.45) is 5.84 Å². The van der Waals surface area contributed by atoms with Gasteiger partial charge in [0, 0.05) is 18.3 Å². The van der Waals surface area contributed by atoms with Gasteiger partial charge in [0.1, 0.15) is 0 Å². The Balaban J connectivity index is 2.06. The number of rotatable bonds is 5. The molecule has 1 aliphatic rings. The first-order valence-electron chi connectivity index (χ1n) is 6.38. The van der Waals surface area contributed by atoms with Gasteiger partial charge in [0.05, 0.1) is 24.4 Å². The van der Waals surface area contributed by atoms with Gasteiger partial charge in [-0.3, -0.25) is 16.0 Å². The normalized spacial score (nSPS) is 26.3. The molecule has 1 fully saturated rings. The number of nitrogens with zero attached hydrogens (tertiary/aromatic N) is 2. The zero-order chi connectivity index (χ0) is 12.3. The molecule has 1 aromatic heterocycles. The maximum atomic E-state index is 5.86. The molecule has 0 bridgehead atoms. The van der Waals surface area contributed by atoms with Gasteiger partial charge >= 0.3 is 0 Å². The predicted octanol–water partition coefficient (Wildman–Crippen LogP) is 1.36. The van der Waals surface area contributed by atoms with Crippen LogP contribution in [0.25, 0.3) is 0 Å². The molecule has 3 unspecified atom stereocenters. The van der Waals surface area contributed by atoms with Gasteiger partial charge in [-0.05, 0) is 26.2 Å². The Morgan fingerprint density at radius 3 is 3.06 bits per heavy atom. The second-order valence-corrected chi connectivity index (χ2v) is 4.74. The summed E-state index contributed by atoms with van der Waals surface area (Å²) in [4.78, 5) is 0. The summed E-state index contributed by atoms with van der Waals surface area (Å²) in [6.07, 6.45) is 7.67. The van der Waals surface area contributed by atoms with E-state index in [1.165, 1.54) is 0 Å². The van der Waals surface area contributed by atoms with E-state index in [-0.39, 0.29) is 12.1 Å². The molecule has 17 heavy (non-hydrogen) atoms. The molecule has 0 spiro atoms. The van der Waals surface area contributed by atoms with Crippen molar-refractivity contribution in [3.05, 3.63) is 18.0 Å². The highest BCUT2D eigenvalue weighted by molar-refractivity contribution is 5.12. The van der Waals surface area contributed by atoms with Crippen molar-refractivity contribution in [3.8, 4) is 0 Å². The van der Waals surface area contributed by atoms with E-state index in [1.54, 1.807) is 0 Å². The Bertz CT molecular complexity index is 352. The minimum Gasteiger partial charge on any atom is -0.373 e. The summed E-state index contributed by atoms with van der Waals surface area (Å²) < 4.78 is 7.81. The monoisotopic (exact) mass is 238 g/mol. The predicted molar refractivity (Wildman–Crippen MR) is 66.2 cm³/mol. The van der Waals surface area contributed by atoms with Crippen molar-refractivity contribution in [2.45, 2.75) is 57.9 Å². The molecule has 0 aliphatic carbocycles. The highest BCUT2D eigenvalue weighted by atomic mass is 16.5. The molecule has 0 saturated carbocycles. The maximum absolute atomic E-state index is 5.86. The number of hydrazine groups is 1. The van der Waals surface area contributed by atoms with E-state index in [0.29, 0.717) is 6.10 Å². The molecule has 1 aromatic rings. The van der Waals surface area contributed by atoms with Crippen LogP contribution in [0.2, 0.25) is 0 Å². The van der Waals surface area contributed by atoms with Gasteiger partial charge in [0.15, 0.2) is 0 Å². The third-order valence-corrected chi connectivity index (χ3v) is 3.28. The molecule has 0 amide bonds. The van der Waals surface area contributed by atoms with E-state index in [0.717, 1.165) is 31.4 Å². The smallest absolute Gasteiger partial charge is 0.0788 e. The third-order valence-electron chi connectivity index (χ3n) is 3.28. The van der Waals surface area contributed by atoms with Gasteiger partial charge < -0.3 is 4.74 Å². The Morgan fingerprint density at radius 2 is 2.47 bits per heavy atom. The molecule has 2 rings (SSSR count). The van der Waals surface area contributed by atoms with Crippen LogP contribution in [-0.4, -0.2) is 22.0 Å². The molecule has 96 valence electrons. The summed E-state index contributed by atoms with van der Waals surface area (Å²) in [6.45, 7) is 5.19. The second-order valence-electron chi connectivity index (χ2n) is 4.74. The first kappa shape index (κ1) is 12.5. The number of nitrogens with one attached hydrogen (secondary N) is 1. The quantitative estimate of drug-likeness (QED) is 0.600. The molecule has 3 N–H and O–H groups in total. The van der Waals surface area contributed by atoms with E-state index in [9.17, 15) is 0 Å². The summed E-state index contributed by atoms with van der Waals surface area (Å²) in [5, 5.41) is 4.33. The van der Waals surface area contributed by atoms with Gasteiger partial charge in [-0.2, -0.15) is 5.10 Å². The molecular formula is C12H22N4O. The summed E-state index contributed by atoms with van der Waals surface area (Å²) in [6, 6.07) is 0.0468. The Labute approximate surface area is 102 Å². The van der Waals surface area contributed by atoms with E-state index >= 15 is 0 Å².